The standard InChI is InChI=1S/C18H16FNO3/c1-12(21)13-2-7-17-14(10-13)8-9-20(17)18(22)11-23-16-5-3-15(19)4-6-16/h2-7,10H,8-9,11H2,1H3. The van der Waals surface area contributed by atoms with Crippen LogP contribution in [0.25, 0.3) is 0 Å². The van der Waals surface area contributed by atoms with E-state index in [1.54, 1.807) is 17.0 Å². The van der Waals surface area contributed by atoms with Crippen LogP contribution in [0.1, 0.15) is 22.8 Å². The van der Waals surface area contributed by atoms with Crippen molar-refractivity contribution in [3.63, 3.8) is 0 Å². The third-order valence-corrected chi connectivity index (χ3v) is 3.86. The summed E-state index contributed by atoms with van der Waals surface area (Å²) in [6, 6.07) is 10.9. The Morgan fingerprint density at radius 1 is 1.17 bits per heavy atom. The summed E-state index contributed by atoms with van der Waals surface area (Å²) < 4.78 is 18.2. The molecule has 2 aromatic rings. The predicted octanol–water partition coefficient (Wildman–Crippen LogP) is 3.00. The van der Waals surface area contributed by atoms with Crippen LogP contribution in [0.15, 0.2) is 42.5 Å². The Morgan fingerprint density at radius 2 is 1.91 bits per heavy atom. The molecule has 0 bridgehead atoms. The van der Waals surface area contributed by atoms with Crippen molar-refractivity contribution in [2.45, 2.75) is 13.3 Å². The van der Waals surface area contributed by atoms with Crippen LogP contribution in [-0.4, -0.2) is 24.8 Å². The molecule has 118 valence electrons. The second-order valence-corrected chi connectivity index (χ2v) is 5.44. The molecule has 0 radical (unpaired) electrons. The van der Waals surface area contributed by atoms with Crippen molar-refractivity contribution in [1.82, 2.24) is 0 Å². The molecular weight excluding hydrogens is 297 g/mol. The number of benzene rings is 2. The van der Waals surface area contributed by atoms with Crippen molar-refractivity contribution in [1.29, 1.82) is 0 Å². The predicted molar refractivity (Wildman–Crippen MR) is 84.4 cm³/mol. The zero-order valence-corrected chi connectivity index (χ0v) is 12.7. The van der Waals surface area contributed by atoms with E-state index in [0.717, 1.165) is 17.7 Å². The third kappa shape index (κ3) is 3.23. The average molecular weight is 313 g/mol. The highest BCUT2D eigenvalue weighted by molar-refractivity contribution is 5.99. The molecule has 0 fully saturated rings. The van der Waals surface area contributed by atoms with Crippen LogP contribution in [0, 0.1) is 5.82 Å². The molecule has 0 saturated carbocycles. The van der Waals surface area contributed by atoms with Gasteiger partial charge in [0.2, 0.25) is 0 Å². The van der Waals surface area contributed by atoms with Gasteiger partial charge in [-0.05, 0) is 61.4 Å². The van der Waals surface area contributed by atoms with Crippen LogP contribution in [-0.2, 0) is 11.2 Å². The van der Waals surface area contributed by atoms with E-state index in [0.29, 0.717) is 17.9 Å². The van der Waals surface area contributed by atoms with Crippen LogP contribution in [0.4, 0.5) is 10.1 Å². The summed E-state index contributed by atoms with van der Waals surface area (Å²) >= 11 is 0. The Kier molecular flexibility index (Phi) is 4.10. The van der Waals surface area contributed by atoms with Crippen LogP contribution < -0.4 is 9.64 Å². The number of ketones is 1. The van der Waals surface area contributed by atoms with E-state index in [2.05, 4.69) is 0 Å². The lowest BCUT2D eigenvalue weighted by Gasteiger charge is -2.17. The minimum atomic E-state index is -0.349. The number of carbonyl (C=O) groups excluding carboxylic acids is 2. The van der Waals surface area contributed by atoms with Gasteiger partial charge in [-0.25, -0.2) is 4.39 Å². The highest BCUT2D eigenvalue weighted by atomic mass is 19.1. The summed E-state index contributed by atoms with van der Waals surface area (Å²) in [6.45, 7) is 1.98. The quantitative estimate of drug-likeness (QED) is 0.815. The van der Waals surface area contributed by atoms with Crippen molar-refractivity contribution in [3.05, 3.63) is 59.4 Å². The van der Waals surface area contributed by atoms with Crippen molar-refractivity contribution in [2.24, 2.45) is 0 Å². The fourth-order valence-electron chi connectivity index (χ4n) is 2.63. The summed E-state index contributed by atoms with van der Waals surface area (Å²) in [7, 11) is 0. The molecule has 4 nitrogen and oxygen atoms in total. The van der Waals surface area contributed by atoms with Crippen LogP contribution in [0.3, 0.4) is 0 Å². The SMILES string of the molecule is CC(=O)c1ccc2c(c1)CCN2C(=O)COc1ccc(F)cc1. The molecule has 0 aromatic heterocycles. The van der Waals surface area contributed by atoms with E-state index in [9.17, 15) is 14.0 Å². The average Bonchev–Trinajstić information content (AvgIpc) is 2.97. The number of anilines is 1. The molecule has 1 aliphatic heterocycles. The Labute approximate surface area is 133 Å². The van der Waals surface area contributed by atoms with E-state index >= 15 is 0 Å². The Bertz CT molecular complexity index is 755. The van der Waals surface area contributed by atoms with Gasteiger partial charge in [0.25, 0.3) is 5.91 Å². The fourth-order valence-corrected chi connectivity index (χ4v) is 2.63. The number of fused-ring (bicyclic) bond motifs is 1. The van der Waals surface area contributed by atoms with Gasteiger partial charge in [0, 0.05) is 17.8 Å². The van der Waals surface area contributed by atoms with Crippen LogP contribution >= 0.6 is 0 Å². The Hall–Kier alpha value is -2.69. The Morgan fingerprint density at radius 3 is 2.61 bits per heavy atom. The fraction of sp³-hybridized carbons (Fsp3) is 0.222. The normalized spacial score (nSPS) is 12.9. The summed E-state index contributed by atoms with van der Waals surface area (Å²) in [6.07, 6.45) is 0.721. The number of carbonyl (C=O) groups is 2. The van der Waals surface area contributed by atoms with E-state index in [1.165, 1.54) is 31.2 Å². The third-order valence-electron chi connectivity index (χ3n) is 3.86. The highest BCUT2D eigenvalue weighted by Crippen LogP contribution is 2.29. The first-order valence-corrected chi connectivity index (χ1v) is 7.37. The van der Waals surface area contributed by atoms with Gasteiger partial charge in [-0.1, -0.05) is 0 Å². The largest absolute Gasteiger partial charge is 0.484 e. The van der Waals surface area contributed by atoms with Gasteiger partial charge in [0.1, 0.15) is 11.6 Å². The lowest BCUT2D eigenvalue weighted by Crippen LogP contribution is -2.33. The summed E-state index contributed by atoms with van der Waals surface area (Å²) in [5.41, 5.74) is 2.47. The number of Topliss-reactive ketones (excluding diaryl/α,β-unsaturated/α-hetero) is 1. The number of halogens is 1. The second-order valence-electron chi connectivity index (χ2n) is 5.44. The van der Waals surface area contributed by atoms with Gasteiger partial charge in [-0.15, -0.1) is 0 Å². The lowest BCUT2D eigenvalue weighted by atomic mass is 10.1. The van der Waals surface area contributed by atoms with E-state index in [4.69, 9.17) is 4.74 Å². The smallest absolute Gasteiger partial charge is 0.264 e. The van der Waals surface area contributed by atoms with Gasteiger partial charge >= 0.3 is 0 Å². The monoisotopic (exact) mass is 313 g/mol. The van der Waals surface area contributed by atoms with Crippen molar-refractivity contribution >= 4 is 17.4 Å². The first-order chi connectivity index (χ1) is 11.0. The molecule has 5 heteroatoms. The zero-order valence-electron chi connectivity index (χ0n) is 12.7. The van der Waals surface area contributed by atoms with Gasteiger partial charge in [0.15, 0.2) is 12.4 Å². The number of rotatable bonds is 4. The maximum Gasteiger partial charge on any atom is 0.264 e. The first-order valence-electron chi connectivity index (χ1n) is 7.37. The molecule has 23 heavy (non-hydrogen) atoms. The molecule has 0 atom stereocenters. The molecular formula is C18H16FNO3. The molecule has 0 N–H and O–H groups in total. The molecule has 0 aliphatic carbocycles. The topological polar surface area (TPSA) is 46.6 Å². The van der Waals surface area contributed by atoms with Gasteiger partial charge < -0.3 is 9.64 Å². The molecule has 0 unspecified atom stereocenters. The maximum atomic E-state index is 12.8. The van der Waals surface area contributed by atoms with Crippen molar-refractivity contribution < 1.29 is 18.7 Å². The minimum Gasteiger partial charge on any atom is -0.484 e. The zero-order chi connectivity index (χ0) is 16.4. The van der Waals surface area contributed by atoms with Crippen molar-refractivity contribution in [3.8, 4) is 5.75 Å². The second kappa shape index (κ2) is 6.20. The number of hydrogen-bond acceptors (Lipinski definition) is 3. The Balaban J connectivity index is 1.68. The number of ether oxygens (including phenoxy) is 1. The van der Waals surface area contributed by atoms with E-state index in [-0.39, 0.29) is 24.1 Å². The highest BCUT2D eigenvalue weighted by Gasteiger charge is 2.25. The van der Waals surface area contributed by atoms with E-state index < -0.39 is 0 Å². The van der Waals surface area contributed by atoms with Crippen LogP contribution in [0.5, 0.6) is 5.75 Å². The number of amides is 1. The molecule has 3 rings (SSSR count). The molecule has 0 saturated heterocycles. The van der Waals surface area contributed by atoms with Crippen LogP contribution in [0.2, 0.25) is 0 Å². The molecule has 1 heterocycles. The maximum absolute atomic E-state index is 12.8. The van der Waals surface area contributed by atoms with Gasteiger partial charge in [-0.2, -0.15) is 0 Å². The van der Waals surface area contributed by atoms with Gasteiger partial charge in [-0.3, -0.25) is 9.59 Å². The number of hydrogen-bond donors (Lipinski definition) is 0. The molecule has 2 aromatic carbocycles. The first kappa shape index (κ1) is 15.2. The summed E-state index contributed by atoms with van der Waals surface area (Å²) in [5.74, 6) is -0.0506. The lowest BCUT2D eigenvalue weighted by molar-refractivity contribution is -0.120. The van der Waals surface area contributed by atoms with Crippen molar-refractivity contribution in [2.75, 3.05) is 18.1 Å². The number of nitrogens with zero attached hydrogens (tertiary/aromatic N) is 1. The molecule has 1 aliphatic rings. The molecule has 1 amide bonds. The minimum absolute atomic E-state index is 0.0113. The summed E-state index contributed by atoms with van der Waals surface area (Å²) in [5, 5.41) is 0. The summed E-state index contributed by atoms with van der Waals surface area (Å²) in [4.78, 5) is 25.4. The molecule has 0 spiro atoms. The van der Waals surface area contributed by atoms with Gasteiger partial charge in [0.05, 0.1) is 0 Å². The van der Waals surface area contributed by atoms with E-state index in [1.807, 2.05) is 6.07 Å².